The van der Waals surface area contributed by atoms with Crippen LogP contribution < -0.4 is 9.47 Å². The van der Waals surface area contributed by atoms with Crippen LogP contribution in [0.1, 0.15) is 115 Å². The van der Waals surface area contributed by atoms with Gasteiger partial charge in [-0.05, 0) is 63.5 Å². The van der Waals surface area contributed by atoms with Crippen molar-refractivity contribution in [3.05, 3.63) is 82.0 Å². The molecule has 0 fully saturated rings. The van der Waals surface area contributed by atoms with Crippen molar-refractivity contribution in [2.45, 2.75) is 92.9 Å². The molecule has 0 amide bonds. The number of rotatable bonds is 8. The molecule has 2 atom stereocenters. The van der Waals surface area contributed by atoms with Gasteiger partial charge in [-0.3, -0.25) is 0 Å². The standard InChI is InChI=1S/C35H44O4/c1-19(2)23-11-15-29(25(17-23)21(5)6)38-33(36)31-27-13-14-28(35(27,9)10)32(31)34(37)39-30-16-12-24(20(3)4)18-26(30)22(7)8/h11-22,27-28H,1-10H3. The summed E-state index contributed by atoms with van der Waals surface area (Å²) in [6, 6.07) is 12.1. The fourth-order valence-corrected chi connectivity index (χ4v) is 5.91. The molecule has 2 aromatic rings. The number of allylic oxidation sites excluding steroid dienone is 2. The molecule has 2 bridgehead atoms. The lowest BCUT2D eigenvalue weighted by molar-refractivity contribution is -0.133. The minimum Gasteiger partial charge on any atom is -0.423 e. The van der Waals surface area contributed by atoms with E-state index in [-0.39, 0.29) is 29.1 Å². The van der Waals surface area contributed by atoms with E-state index in [0.29, 0.717) is 34.5 Å². The Morgan fingerprint density at radius 1 is 0.615 bits per heavy atom. The minimum atomic E-state index is -0.467. The van der Waals surface area contributed by atoms with Crippen molar-refractivity contribution < 1.29 is 19.1 Å². The molecule has 0 spiro atoms. The van der Waals surface area contributed by atoms with Gasteiger partial charge in [0, 0.05) is 11.8 Å². The van der Waals surface area contributed by atoms with Crippen LogP contribution in [0.2, 0.25) is 0 Å². The summed E-state index contributed by atoms with van der Waals surface area (Å²) in [4.78, 5) is 27.7. The SMILES string of the molecule is CC(C)c1ccc(OC(=O)C2=C(C(=O)Oc3ccc(C(C)C)cc3C(C)C)C3C=CC2C3(C)C)c(C(C)C)c1. The molecule has 39 heavy (non-hydrogen) atoms. The number of hydrogen-bond donors (Lipinski definition) is 0. The summed E-state index contributed by atoms with van der Waals surface area (Å²) in [6.45, 7) is 21.2. The van der Waals surface area contributed by atoms with Gasteiger partial charge in [0.05, 0.1) is 11.1 Å². The molecule has 0 saturated heterocycles. The van der Waals surface area contributed by atoms with Gasteiger partial charge >= 0.3 is 11.9 Å². The minimum absolute atomic E-state index is 0.185. The fourth-order valence-electron chi connectivity index (χ4n) is 5.91. The van der Waals surface area contributed by atoms with E-state index >= 15 is 0 Å². The summed E-state index contributed by atoms with van der Waals surface area (Å²) in [5.74, 6) is 0.873. The predicted octanol–water partition coefficient (Wildman–Crippen LogP) is 8.83. The van der Waals surface area contributed by atoms with Crippen LogP contribution in [0.15, 0.2) is 59.7 Å². The van der Waals surface area contributed by atoms with Gasteiger partial charge in [-0.1, -0.05) is 106 Å². The highest BCUT2D eigenvalue weighted by Crippen LogP contribution is 2.57. The Balaban J connectivity index is 1.71. The van der Waals surface area contributed by atoms with Crippen molar-refractivity contribution >= 4 is 11.9 Å². The molecule has 4 rings (SSSR count). The molecular formula is C35H44O4. The molecule has 4 nitrogen and oxygen atoms in total. The van der Waals surface area contributed by atoms with Gasteiger partial charge in [-0.25, -0.2) is 9.59 Å². The Hall–Kier alpha value is -3.14. The van der Waals surface area contributed by atoms with Crippen LogP contribution >= 0.6 is 0 Å². The second-order valence-corrected chi connectivity index (χ2v) is 13.0. The molecule has 0 N–H and O–H groups in total. The van der Waals surface area contributed by atoms with Gasteiger partial charge in [-0.2, -0.15) is 0 Å². The number of ether oxygens (including phenoxy) is 2. The van der Waals surface area contributed by atoms with Gasteiger partial charge in [0.1, 0.15) is 11.5 Å². The van der Waals surface area contributed by atoms with Crippen molar-refractivity contribution in [3.8, 4) is 11.5 Å². The number of carbonyl (C=O) groups excluding carboxylic acids is 2. The van der Waals surface area contributed by atoms with E-state index < -0.39 is 11.9 Å². The number of carbonyl (C=O) groups is 2. The van der Waals surface area contributed by atoms with E-state index in [0.717, 1.165) is 11.1 Å². The molecule has 0 heterocycles. The number of esters is 2. The maximum Gasteiger partial charge on any atom is 0.340 e. The third-order valence-corrected chi connectivity index (χ3v) is 8.50. The molecule has 2 unspecified atom stereocenters. The van der Waals surface area contributed by atoms with E-state index in [1.54, 1.807) is 0 Å². The zero-order chi connectivity index (χ0) is 28.8. The monoisotopic (exact) mass is 528 g/mol. The lowest BCUT2D eigenvalue weighted by atomic mass is 9.77. The molecular weight excluding hydrogens is 484 g/mol. The van der Waals surface area contributed by atoms with Gasteiger partial charge in [0.25, 0.3) is 0 Å². The second-order valence-electron chi connectivity index (χ2n) is 13.0. The zero-order valence-corrected chi connectivity index (χ0v) is 25.2. The molecule has 0 radical (unpaired) electrons. The summed E-state index contributed by atoms with van der Waals surface area (Å²) < 4.78 is 12.1. The largest absolute Gasteiger partial charge is 0.423 e. The zero-order valence-electron chi connectivity index (χ0n) is 25.2. The number of fused-ring (bicyclic) bond motifs is 2. The maximum atomic E-state index is 13.8. The highest BCUT2D eigenvalue weighted by Gasteiger charge is 2.55. The molecule has 0 aromatic heterocycles. The van der Waals surface area contributed by atoms with Gasteiger partial charge in [0.2, 0.25) is 0 Å². The van der Waals surface area contributed by atoms with Crippen molar-refractivity contribution in [3.63, 3.8) is 0 Å². The fraction of sp³-hybridized carbons (Fsp3) is 0.486. The molecule has 0 saturated carbocycles. The third kappa shape index (κ3) is 5.35. The van der Waals surface area contributed by atoms with Crippen LogP contribution in [0.25, 0.3) is 0 Å². The van der Waals surface area contributed by atoms with Crippen molar-refractivity contribution in [2.75, 3.05) is 0 Å². The van der Waals surface area contributed by atoms with Crippen molar-refractivity contribution in [2.24, 2.45) is 17.3 Å². The van der Waals surface area contributed by atoms with Crippen molar-refractivity contribution in [1.29, 1.82) is 0 Å². The smallest absolute Gasteiger partial charge is 0.340 e. The molecule has 2 aromatic carbocycles. The first-order chi connectivity index (χ1) is 18.2. The first-order valence-electron chi connectivity index (χ1n) is 14.4. The highest BCUT2D eigenvalue weighted by molar-refractivity contribution is 6.05. The molecule has 208 valence electrons. The van der Waals surface area contributed by atoms with Crippen LogP contribution in [0.5, 0.6) is 11.5 Å². The van der Waals surface area contributed by atoms with Gasteiger partial charge < -0.3 is 9.47 Å². The first-order valence-corrected chi connectivity index (χ1v) is 14.4. The average molecular weight is 529 g/mol. The maximum absolute atomic E-state index is 13.8. The lowest BCUT2D eigenvalue weighted by Crippen LogP contribution is -2.24. The summed E-state index contributed by atoms with van der Waals surface area (Å²) in [6.07, 6.45) is 4.08. The van der Waals surface area contributed by atoms with E-state index in [4.69, 9.17) is 9.47 Å². The second kappa shape index (κ2) is 10.8. The Bertz CT molecular complexity index is 1240. The predicted molar refractivity (Wildman–Crippen MR) is 157 cm³/mol. The quantitative estimate of drug-likeness (QED) is 0.195. The lowest BCUT2D eigenvalue weighted by Gasteiger charge is -2.26. The van der Waals surface area contributed by atoms with Crippen LogP contribution in [0, 0.1) is 17.3 Å². The Morgan fingerprint density at radius 2 is 0.974 bits per heavy atom. The molecule has 2 aliphatic carbocycles. The third-order valence-electron chi connectivity index (χ3n) is 8.50. The highest BCUT2D eigenvalue weighted by atomic mass is 16.5. The topological polar surface area (TPSA) is 52.6 Å². The molecule has 0 aliphatic heterocycles. The normalized spacial score (nSPS) is 19.6. The van der Waals surface area contributed by atoms with E-state index in [2.05, 4.69) is 81.4 Å². The Labute approximate surface area is 234 Å². The molecule has 4 heteroatoms. The van der Waals surface area contributed by atoms with E-state index in [9.17, 15) is 9.59 Å². The summed E-state index contributed by atoms with van der Waals surface area (Å²) >= 11 is 0. The number of benzene rings is 2. The van der Waals surface area contributed by atoms with Gasteiger partial charge in [0.15, 0.2) is 0 Å². The number of hydrogen-bond acceptors (Lipinski definition) is 4. The van der Waals surface area contributed by atoms with E-state index in [1.165, 1.54) is 11.1 Å². The summed E-state index contributed by atoms with van der Waals surface area (Å²) in [5, 5.41) is 0. The molecule has 2 aliphatic rings. The van der Waals surface area contributed by atoms with E-state index in [1.807, 2.05) is 36.4 Å². The average Bonchev–Trinajstić information content (AvgIpc) is 3.28. The summed E-state index contributed by atoms with van der Waals surface area (Å²) in [5.41, 5.74) is 4.92. The van der Waals surface area contributed by atoms with Gasteiger partial charge in [-0.15, -0.1) is 0 Å². The van der Waals surface area contributed by atoms with Crippen LogP contribution in [0.4, 0.5) is 0 Å². The summed E-state index contributed by atoms with van der Waals surface area (Å²) in [7, 11) is 0. The van der Waals surface area contributed by atoms with Crippen LogP contribution in [-0.4, -0.2) is 11.9 Å². The Kier molecular flexibility index (Phi) is 7.98. The van der Waals surface area contributed by atoms with Crippen molar-refractivity contribution in [1.82, 2.24) is 0 Å². The Morgan fingerprint density at radius 3 is 1.28 bits per heavy atom. The first kappa shape index (κ1) is 28.9. The van der Waals surface area contributed by atoms with Crippen LogP contribution in [-0.2, 0) is 9.59 Å². The van der Waals surface area contributed by atoms with Crippen LogP contribution in [0.3, 0.4) is 0 Å².